The van der Waals surface area contributed by atoms with Crippen LogP contribution >= 0.6 is 0 Å². The highest BCUT2D eigenvalue weighted by molar-refractivity contribution is 6.09. The van der Waals surface area contributed by atoms with E-state index >= 15 is 4.39 Å². The number of hydrogen-bond acceptors (Lipinski definition) is 9. The van der Waals surface area contributed by atoms with E-state index in [9.17, 15) is 14.4 Å². The number of carbonyl (C=O) groups is 3. The van der Waals surface area contributed by atoms with E-state index in [2.05, 4.69) is 15.3 Å². The number of anilines is 3. The molecule has 11 nitrogen and oxygen atoms in total. The number of nitrogens with zero attached hydrogens (tertiary/aromatic N) is 4. The molecule has 1 aromatic heterocycles. The number of aromatic nitrogens is 2. The lowest BCUT2D eigenvalue weighted by Crippen LogP contribution is -2.44. The van der Waals surface area contributed by atoms with Crippen molar-refractivity contribution in [3.8, 4) is 5.75 Å². The van der Waals surface area contributed by atoms with Crippen LogP contribution < -0.4 is 15.0 Å². The van der Waals surface area contributed by atoms with Gasteiger partial charge < -0.3 is 24.4 Å². The topological polar surface area (TPSA) is 123 Å². The molecule has 0 saturated heterocycles. The molecule has 0 unspecified atom stereocenters. The molecular formula is C36H44FN5O6. The number of nitrogens with one attached hydrogen (secondary N) is 1. The predicted octanol–water partition coefficient (Wildman–Crippen LogP) is 8.17. The Kier molecular flexibility index (Phi) is 9.40. The van der Waals surface area contributed by atoms with E-state index in [0.717, 1.165) is 29.7 Å². The number of carbonyl (C=O) groups excluding carboxylic acids is 3. The Morgan fingerprint density at radius 3 is 2.12 bits per heavy atom. The molecule has 1 spiro atoms. The lowest BCUT2D eigenvalue weighted by molar-refractivity contribution is 0.0382. The second kappa shape index (κ2) is 13.0. The van der Waals surface area contributed by atoms with E-state index < -0.39 is 34.7 Å². The van der Waals surface area contributed by atoms with Gasteiger partial charge in [-0.2, -0.15) is 4.90 Å². The van der Waals surface area contributed by atoms with Gasteiger partial charge in [0.25, 0.3) is 5.91 Å². The van der Waals surface area contributed by atoms with Crippen molar-refractivity contribution < 1.29 is 33.0 Å². The maximum Gasteiger partial charge on any atom is 0.425 e. The van der Waals surface area contributed by atoms with Gasteiger partial charge in [-0.25, -0.2) is 23.9 Å². The standard InChI is InChI=1S/C36H44FN5O6/c1-22-29(38-21-39-30(22)42(32(44)47-34(2,3)4)33(45)48-35(5,6)7)40-24-18-26-28(27(37)19-24)31(43)41(36(26)16-10-9-11-17-36)20-23-12-14-25(46-8)15-13-23/h12-15,18-19,21H,9-11,16-17,20H2,1-8H3,(H,38,39,40). The van der Waals surface area contributed by atoms with Crippen LogP contribution in [-0.2, 0) is 21.6 Å². The molecule has 12 heteroatoms. The summed E-state index contributed by atoms with van der Waals surface area (Å²) in [5.41, 5.74) is -0.159. The Balaban J connectivity index is 1.52. The van der Waals surface area contributed by atoms with Crippen LogP contribution in [0.15, 0.2) is 42.7 Å². The summed E-state index contributed by atoms with van der Waals surface area (Å²) in [6.07, 6.45) is 3.53. The second-order valence-corrected chi connectivity index (χ2v) is 14.3. The van der Waals surface area contributed by atoms with Gasteiger partial charge in [0, 0.05) is 17.8 Å². The minimum absolute atomic E-state index is 0.0535. The normalized spacial score (nSPS) is 15.6. The van der Waals surface area contributed by atoms with Crippen LogP contribution in [0.1, 0.15) is 101 Å². The van der Waals surface area contributed by atoms with Gasteiger partial charge in [0.05, 0.1) is 18.2 Å². The molecule has 5 rings (SSSR count). The molecule has 0 bridgehead atoms. The van der Waals surface area contributed by atoms with Crippen LogP contribution in [-0.4, -0.2) is 51.3 Å². The van der Waals surface area contributed by atoms with Crippen molar-refractivity contribution in [1.82, 2.24) is 14.9 Å². The fourth-order valence-corrected chi connectivity index (χ4v) is 6.34. The van der Waals surface area contributed by atoms with Crippen molar-refractivity contribution in [2.75, 3.05) is 17.3 Å². The van der Waals surface area contributed by atoms with Crippen molar-refractivity contribution in [2.45, 2.75) is 104 Å². The van der Waals surface area contributed by atoms with Gasteiger partial charge in [-0.1, -0.05) is 31.4 Å². The molecule has 1 saturated carbocycles. The zero-order chi connectivity index (χ0) is 35.0. The number of imide groups is 1. The first-order valence-electron chi connectivity index (χ1n) is 16.2. The number of rotatable bonds is 6. The molecule has 2 aliphatic rings. The zero-order valence-electron chi connectivity index (χ0n) is 28.9. The molecule has 0 atom stereocenters. The molecule has 256 valence electrons. The van der Waals surface area contributed by atoms with Gasteiger partial charge in [-0.05, 0) is 96.7 Å². The molecule has 1 N–H and O–H groups in total. The maximum absolute atomic E-state index is 16.0. The Morgan fingerprint density at radius 1 is 0.958 bits per heavy atom. The molecule has 48 heavy (non-hydrogen) atoms. The predicted molar refractivity (Wildman–Crippen MR) is 179 cm³/mol. The number of benzene rings is 2. The van der Waals surface area contributed by atoms with Crippen molar-refractivity contribution in [3.05, 3.63) is 70.8 Å². The number of fused-ring (bicyclic) bond motifs is 2. The molecule has 1 aliphatic carbocycles. The number of amides is 3. The molecular weight excluding hydrogens is 617 g/mol. The van der Waals surface area contributed by atoms with Crippen LogP contribution in [0.25, 0.3) is 0 Å². The second-order valence-electron chi connectivity index (χ2n) is 14.3. The molecule has 2 heterocycles. The molecule has 0 radical (unpaired) electrons. The quantitative estimate of drug-likeness (QED) is 0.279. The van der Waals surface area contributed by atoms with Gasteiger partial charge in [0.2, 0.25) is 0 Å². The first kappa shape index (κ1) is 34.6. The van der Waals surface area contributed by atoms with Gasteiger partial charge in [-0.15, -0.1) is 0 Å². The summed E-state index contributed by atoms with van der Waals surface area (Å²) in [6, 6.07) is 10.6. The minimum atomic E-state index is -0.970. The third-order valence-electron chi connectivity index (χ3n) is 8.43. The fourth-order valence-electron chi connectivity index (χ4n) is 6.34. The maximum atomic E-state index is 16.0. The lowest BCUT2D eigenvalue weighted by atomic mass is 9.76. The van der Waals surface area contributed by atoms with Crippen LogP contribution in [0.5, 0.6) is 5.75 Å². The smallest absolute Gasteiger partial charge is 0.425 e. The van der Waals surface area contributed by atoms with E-state index in [1.54, 1.807) is 55.6 Å². The lowest BCUT2D eigenvalue weighted by Gasteiger charge is -2.42. The monoisotopic (exact) mass is 661 g/mol. The third-order valence-corrected chi connectivity index (χ3v) is 8.43. The highest BCUT2D eigenvalue weighted by Crippen LogP contribution is 2.51. The highest BCUT2D eigenvalue weighted by Gasteiger charge is 2.51. The van der Waals surface area contributed by atoms with E-state index in [-0.39, 0.29) is 23.1 Å². The largest absolute Gasteiger partial charge is 0.497 e. The molecule has 2 aromatic carbocycles. The van der Waals surface area contributed by atoms with Crippen LogP contribution in [0, 0.1) is 12.7 Å². The summed E-state index contributed by atoms with van der Waals surface area (Å²) in [7, 11) is 1.60. The minimum Gasteiger partial charge on any atom is -0.497 e. The van der Waals surface area contributed by atoms with Crippen LogP contribution in [0.4, 0.5) is 31.3 Å². The Bertz CT molecular complexity index is 1680. The summed E-state index contributed by atoms with van der Waals surface area (Å²) in [5.74, 6) is -0.0842. The van der Waals surface area contributed by atoms with Crippen molar-refractivity contribution in [3.63, 3.8) is 0 Å². The number of methoxy groups -OCH3 is 1. The summed E-state index contributed by atoms with van der Waals surface area (Å²) >= 11 is 0. The van der Waals surface area contributed by atoms with E-state index in [4.69, 9.17) is 14.2 Å². The molecule has 1 fully saturated rings. The van der Waals surface area contributed by atoms with Crippen molar-refractivity contribution in [2.24, 2.45) is 0 Å². The molecule has 3 amide bonds. The van der Waals surface area contributed by atoms with Crippen molar-refractivity contribution >= 4 is 35.4 Å². The van der Waals surface area contributed by atoms with E-state index in [1.807, 2.05) is 35.2 Å². The number of ether oxygens (including phenoxy) is 3. The first-order chi connectivity index (χ1) is 22.5. The molecule has 1 aliphatic heterocycles. The third kappa shape index (κ3) is 7.07. The summed E-state index contributed by atoms with van der Waals surface area (Å²) in [6.45, 7) is 12.1. The van der Waals surface area contributed by atoms with Crippen molar-refractivity contribution in [1.29, 1.82) is 0 Å². The molecule has 3 aromatic rings. The average Bonchev–Trinajstić information content (AvgIpc) is 3.20. The van der Waals surface area contributed by atoms with E-state index in [1.165, 1.54) is 12.4 Å². The van der Waals surface area contributed by atoms with Gasteiger partial charge in [0.1, 0.15) is 34.9 Å². The zero-order valence-corrected chi connectivity index (χ0v) is 28.9. The van der Waals surface area contributed by atoms with Crippen LogP contribution in [0.3, 0.4) is 0 Å². The van der Waals surface area contributed by atoms with Gasteiger partial charge >= 0.3 is 12.2 Å². The van der Waals surface area contributed by atoms with E-state index in [0.29, 0.717) is 42.0 Å². The summed E-state index contributed by atoms with van der Waals surface area (Å²) in [5, 5.41) is 3.16. The van der Waals surface area contributed by atoms with Gasteiger partial charge in [0.15, 0.2) is 5.82 Å². The Morgan fingerprint density at radius 2 is 1.56 bits per heavy atom. The Labute approximate surface area is 280 Å². The fraction of sp³-hybridized carbons (Fsp3) is 0.472. The highest BCUT2D eigenvalue weighted by atomic mass is 19.1. The van der Waals surface area contributed by atoms with Gasteiger partial charge in [-0.3, -0.25) is 4.79 Å². The number of halogens is 1. The summed E-state index contributed by atoms with van der Waals surface area (Å²) < 4.78 is 32.4. The first-order valence-corrected chi connectivity index (χ1v) is 16.2. The average molecular weight is 662 g/mol. The Hall–Kier alpha value is -4.74. The number of hydrogen-bond donors (Lipinski definition) is 1. The summed E-state index contributed by atoms with van der Waals surface area (Å²) in [4.78, 5) is 51.7. The SMILES string of the molecule is COc1ccc(CN2C(=O)c3c(F)cc(Nc4ncnc(N(C(=O)OC(C)(C)C)C(=O)OC(C)(C)C)c4C)cc3C23CCCCC3)cc1. The van der Waals surface area contributed by atoms with Crippen LogP contribution in [0.2, 0.25) is 0 Å².